The third kappa shape index (κ3) is 7.25. The predicted octanol–water partition coefficient (Wildman–Crippen LogP) is 4.98. The van der Waals surface area contributed by atoms with E-state index in [1.165, 1.54) is 17.7 Å². The summed E-state index contributed by atoms with van der Waals surface area (Å²) in [7, 11) is 0. The van der Waals surface area contributed by atoms with Gasteiger partial charge >= 0.3 is 6.18 Å². The maximum atomic E-state index is 12.3. The Morgan fingerprint density at radius 1 is 1.03 bits per heavy atom. The number of carbonyl (C=O) groups excluding carboxylic acids is 2. The molecule has 2 rings (SSSR count). The number of halogens is 3. The van der Waals surface area contributed by atoms with Gasteiger partial charge in [0, 0.05) is 17.7 Å². The second kappa shape index (κ2) is 9.58. The molecule has 0 fully saturated rings. The van der Waals surface area contributed by atoms with Crippen LogP contribution in [0.15, 0.2) is 42.5 Å². The normalized spacial score (nSPS) is 11.4. The van der Waals surface area contributed by atoms with E-state index in [0.29, 0.717) is 23.6 Å². The molecule has 0 aliphatic carbocycles. The molecule has 0 heterocycles. The summed E-state index contributed by atoms with van der Waals surface area (Å²) in [5.74, 6) is -0.632. The number of alkyl halides is 3. The largest absolute Gasteiger partial charge is 0.405 e. The van der Waals surface area contributed by atoms with Gasteiger partial charge in [0.25, 0.3) is 5.91 Å². The Morgan fingerprint density at radius 3 is 2.28 bits per heavy atom. The molecular formula is C22H25F3N2O2. The molecule has 156 valence electrons. The van der Waals surface area contributed by atoms with Crippen LogP contribution < -0.4 is 10.6 Å². The summed E-state index contributed by atoms with van der Waals surface area (Å²) in [6.07, 6.45) is -3.66. The van der Waals surface area contributed by atoms with E-state index in [2.05, 4.69) is 19.2 Å². The van der Waals surface area contributed by atoms with Crippen molar-refractivity contribution in [3.8, 4) is 0 Å². The number of carbonyl (C=O) groups is 2. The van der Waals surface area contributed by atoms with Crippen LogP contribution in [0.4, 0.5) is 18.9 Å². The molecule has 29 heavy (non-hydrogen) atoms. The van der Waals surface area contributed by atoms with E-state index in [-0.39, 0.29) is 17.9 Å². The van der Waals surface area contributed by atoms with Gasteiger partial charge in [0.2, 0.25) is 5.91 Å². The molecule has 0 unspecified atom stereocenters. The first-order chi connectivity index (χ1) is 13.5. The zero-order valence-corrected chi connectivity index (χ0v) is 16.7. The molecular weight excluding hydrogens is 381 g/mol. The molecule has 0 aromatic heterocycles. The lowest BCUT2D eigenvalue weighted by Gasteiger charge is -2.12. The Balaban J connectivity index is 1.96. The molecule has 0 aliphatic heterocycles. The summed E-state index contributed by atoms with van der Waals surface area (Å²) in [6.45, 7) is 4.57. The molecule has 2 aromatic carbocycles. The second-order valence-corrected chi connectivity index (χ2v) is 7.27. The molecule has 2 N–H and O–H groups in total. The molecule has 7 heteroatoms. The maximum absolute atomic E-state index is 12.3. The van der Waals surface area contributed by atoms with E-state index in [9.17, 15) is 22.8 Å². The van der Waals surface area contributed by atoms with Crippen LogP contribution in [0.25, 0.3) is 0 Å². The molecule has 0 saturated carbocycles. The van der Waals surface area contributed by atoms with E-state index in [0.717, 1.165) is 5.56 Å². The van der Waals surface area contributed by atoms with Crippen molar-refractivity contribution in [1.29, 1.82) is 0 Å². The maximum Gasteiger partial charge on any atom is 0.405 e. The molecule has 0 aliphatic rings. The van der Waals surface area contributed by atoms with Gasteiger partial charge in [0.15, 0.2) is 0 Å². The molecule has 0 saturated heterocycles. The van der Waals surface area contributed by atoms with Crippen LogP contribution >= 0.6 is 0 Å². The van der Waals surface area contributed by atoms with Crippen molar-refractivity contribution in [1.82, 2.24) is 5.32 Å². The van der Waals surface area contributed by atoms with Crippen LogP contribution in [0.5, 0.6) is 0 Å². The highest BCUT2D eigenvalue weighted by Crippen LogP contribution is 2.19. The number of hydrogen-bond donors (Lipinski definition) is 2. The zero-order valence-electron chi connectivity index (χ0n) is 16.7. The van der Waals surface area contributed by atoms with Crippen molar-refractivity contribution in [2.45, 2.75) is 45.7 Å². The SMILES string of the molecule is Cc1ccc(C(=O)NCC(F)(F)F)cc1NC(=O)CCc1ccc(C(C)C)cc1. The number of rotatable bonds is 7. The van der Waals surface area contributed by atoms with Crippen LogP contribution in [-0.4, -0.2) is 24.5 Å². The van der Waals surface area contributed by atoms with Crippen molar-refractivity contribution in [3.05, 3.63) is 64.7 Å². The van der Waals surface area contributed by atoms with Gasteiger partial charge in [0.1, 0.15) is 6.54 Å². The van der Waals surface area contributed by atoms with Crippen molar-refractivity contribution in [3.63, 3.8) is 0 Å². The minimum atomic E-state index is -4.48. The summed E-state index contributed by atoms with van der Waals surface area (Å²) >= 11 is 0. The lowest BCUT2D eigenvalue weighted by molar-refractivity contribution is -0.123. The lowest BCUT2D eigenvalue weighted by atomic mass is 10.0. The van der Waals surface area contributed by atoms with Gasteiger partial charge in [-0.2, -0.15) is 13.2 Å². The van der Waals surface area contributed by atoms with Gasteiger partial charge in [-0.05, 0) is 48.1 Å². The average Bonchev–Trinajstić information content (AvgIpc) is 2.66. The first kappa shape index (κ1) is 22.5. The predicted molar refractivity (Wildman–Crippen MR) is 107 cm³/mol. The van der Waals surface area contributed by atoms with Gasteiger partial charge in [0.05, 0.1) is 0 Å². The van der Waals surface area contributed by atoms with Crippen LogP contribution in [0.1, 0.15) is 53.2 Å². The summed E-state index contributed by atoms with van der Waals surface area (Å²) < 4.78 is 36.8. The van der Waals surface area contributed by atoms with Gasteiger partial charge in [-0.1, -0.05) is 44.2 Å². The third-order valence-corrected chi connectivity index (χ3v) is 4.51. The molecule has 2 aromatic rings. The van der Waals surface area contributed by atoms with Crippen LogP contribution in [0.2, 0.25) is 0 Å². The van der Waals surface area contributed by atoms with Crippen LogP contribution in [0.3, 0.4) is 0 Å². The Kier molecular flexibility index (Phi) is 7.42. The second-order valence-electron chi connectivity index (χ2n) is 7.27. The van der Waals surface area contributed by atoms with Crippen molar-refractivity contribution < 1.29 is 22.8 Å². The number of anilines is 1. The highest BCUT2D eigenvalue weighted by molar-refractivity contribution is 5.97. The summed E-state index contributed by atoms with van der Waals surface area (Å²) in [6, 6.07) is 12.5. The molecule has 0 spiro atoms. The van der Waals surface area contributed by atoms with Crippen LogP contribution in [0, 0.1) is 6.92 Å². The minimum absolute atomic E-state index is 0.0550. The number of nitrogens with one attached hydrogen (secondary N) is 2. The summed E-state index contributed by atoms with van der Waals surface area (Å²) in [5.41, 5.74) is 3.45. The van der Waals surface area contributed by atoms with Gasteiger partial charge < -0.3 is 10.6 Å². The topological polar surface area (TPSA) is 58.2 Å². The van der Waals surface area contributed by atoms with E-state index < -0.39 is 18.6 Å². The Hall–Kier alpha value is -2.83. The van der Waals surface area contributed by atoms with Crippen molar-refractivity contribution in [2.75, 3.05) is 11.9 Å². The average molecular weight is 406 g/mol. The smallest absolute Gasteiger partial charge is 0.343 e. The molecule has 4 nitrogen and oxygen atoms in total. The molecule has 0 radical (unpaired) electrons. The highest BCUT2D eigenvalue weighted by atomic mass is 19.4. The Bertz CT molecular complexity index is 859. The van der Waals surface area contributed by atoms with E-state index >= 15 is 0 Å². The van der Waals surface area contributed by atoms with E-state index in [1.807, 2.05) is 29.6 Å². The number of hydrogen-bond acceptors (Lipinski definition) is 2. The number of amides is 2. The first-order valence-electron chi connectivity index (χ1n) is 9.39. The highest BCUT2D eigenvalue weighted by Gasteiger charge is 2.28. The fourth-order valence-electron chi connectivity index (χ4n) is 2.72. The lowest BCUT2D eigenvalue weighted by Crippen LogP contribution is -2.33. The molecule has 0 bridgehead atoms. The summed E-state index contributed by atoms with van der Waals surface area (Å²) in [5, 5.41) is 4.56. The van der Waals surface area contributed by atoms with Gasteiger partial charge in [-0.15, -0.1) is 0 Å². The Morgan fingerprint density at radius 2 is 1.69 bits per heavy atom. The van der Waals surface area contributed by atoms with Gasteiger partial charge in [-0.3, -0.25) is 9.59 Å². The van der Waals surface area contributed by atoms with Gasteiger partial charge in [-0.25, -0.2) is 0 Å². The van der Waals surface area contributed by atoms with Crippen molar-refractivity contribution in [2.24, 2.45) is 0 Å². The van der Waals surface area contributed by atoms with Crippen molar-refractivity contribution >= 4 is 17.5 Å². The Labute approximate surface area is 168 Å². The quantitative estimate of drug-likeness (QED) is 0.681. The van der Waals surface area contributed by atoms with E-state index in [1.54, 1.807) is 13.0 Å². The fraction of sp³-hybridized carbons (Fsp3) is 0.364. The first-order valence-corrected chi connectivity index (χ1v) is 9.39. The monoisotopic (exact) mass is 406 g/mol. The van der Waals surface area contributed by atoms with E-state index in [4.69, 9.17) is 0 Å². The molecule has 0 atom stereocenters. The number of aryl methyl sites for hydroxylation is 2. The standard InChI is InChI=1S/C22H25F3N2O2/c1-14(2)17-9-5-16(6-10-17)7-11-20(28)27-19-12-18(8-4-15(19)3)21(29)26-13-22(23,24)25/h4-6,8-10,12,14H,7,11,13H2,1-3H3,(H,26,29)(H,27,28). The molecule has 2 amide bonds. The fourth-order valence-corrected chi connectivity index (χ4v) is 2.72. The third-order valence-electron chi connectivity index (χ3n) is 4.51. The summed E-state index contributed by atoms with van der Waals surface area (Å²) in [4.78, 5) is 24.2. The zero-order chi connectivity index (χ0) is 21.6. The number of benzene rings is 2. The van der Waals surface area contributed by atoms with Crippen LogP contribution in [-0.2, 0) is 11.2 Å². The minimum Gasteiger partial charge on any atom is -0.343 e.